The summed E-state index contributed by atoms with van der Waals surface area (Å²) in [6, 6.07) is 16.3. The predicted octanol–water partition coefficient (Wildman–Crippen LogP) is 8.55. The molecule has 7 nitrogen and oxygen atoms in total. The largest absolute Gasteiger partial charge is 0.573 e. The van der Waals surface area contributed by atoms with Gasteiger partial charge in [0.1, 0.15) is 12.1 Å². The number of aromatic nitrogens is 2. The van der Waals surface area contributed by atoms with Gasteiger partial charge in [-0.25, -0.2) is 14.2 Å². The molecule has 42 heavy (non-hydrogen) atoms. The average molecular weight is 624 g/mol. The maximum atomic E-state index is 12.9. The normalized spacial score (nSPS) is 12.3. The Morgan fingerprint density at radius 1 is 0.976 bits per heavy atom. The molecule has 2 amide bonds. The number of carbonyl (C=O) groups is 1. The van der Waals surface area contributed by atoms with Crippen LogP contribution < -0.4 is 14.8 Å². The third kappa shape index (κ3) is 6.71. The fourth-order valence-corrected chi connectivity index (χ4v) is 4.55. The highest BCUT2D eigenvalue weighted by Crippen LogP contribution is 2.34. The number of alkyl halides is 6. The van der Waals surface area contributed by atoms with Gasteiger partial charge in [-0.1, -0.05) is 29.8 Å². The van der Waals surface area contributed by atoms with Crippen molar-refractivity contribution in [1.29, 1.82) is 0 Å². The fraction of sp³-hybridized carbons (Fsp3) is 0.0741. The number of nitrogens with zero attached hydrogens (tertiary/aromatic N) is 3. The van der Waals surface area contributed by atoms with Crippen LogP contribution >= 0.6 is 23.7 Å². The lowest BCUT2D eigenvalue weighted by atomic mass is 10.1. The minimum atomic E-state index is -4.78. The first-order chi connectivity index (χ1) is 19.9. The van der Waals surface area contributed by atoms with E-state index in [2.05, 4.69) is 24.2 Å². The molecule has 0 bridgehead atoms. The standard InChI is InChI=1S/C27H16ClF6N5O2S/c28-21-9-3-17(26(29,30)31)12-22(21)37-25(40)38-42-36-13-15-1-8-20-16(11-15)2-10-23-24(20)35-14-39(23)18-4-6-19(7-5-18)41-27(32,33)34/h1-14H,(H2,37,38,40)/b36-13+. The van der Waals surface area contributed by atoms with Crippen LogP contribution in [0.5, 0.6) is 5.75 Å². The zero-order chi connectivity index (χ0) is 30.1. The summed E-state index contributed by atoms with van der Waals surface area (Å²) in [5, 5.41) is 3.85. The van der Waals surface area contributed by atoms with Crippen molar-refractivity contribution in [3.63, 3.8) is 0 Å². The number of fused-ring (bicyclic) bond motifs is 3. The lowest BCUT2D eigenvalue weighted by Gasteiger charge is -2.11. The summed E-state index contributed by atoms with van der Waals surface area (Å²) in [6.07, 6.45) is -6.32. The maximum Gasteiger partial charge on any atom is 0.573 e. The van der Waals surface area contributed by atoms with Crippen molar-refractivity contribution >= 4 is 63.5 Å². The van der Waals surface area contributed by atoms with E-state index in [0.717, 1.165) is 34.5 Å². The van der Waals surface area contributed by atoms with Crippen LogP contribution in [-0.4, -0.2) is 28.2 Å². The van der Waals surface area contributed by atoms with Gasteiger partial charge in [-0.05, 0) is 65.5 Å². The van der Waals surface area contributed by atoms with Crippen LogP contribution in [-0.2, 0) is 6.18 Å². The summed E-state index contributed by atoms with van der Waals surface area (Å²) < 4.78 is 88.1. The van der Waals surface area contributed by atoms with Crippen molar-refractivity contribution in [2.75, 3.05) is 5.32 Å². The Morgan fingerprint density at radius 3 is 2.45 bits per heavy atom. The molecule has 4 aromatic carbocycles. The van der Waals surface area contributed by atoms with Crippen LogP contribution in [0.1, 0.15) is 11.1 Å². The Morgan fingerprint density at radius 2 is 1.74 bits per heavy atom. The molecule has 0 aliphatic heterocycles. The zero-order valence-electron chi connectivity index (χ0n) is 20.8. The average Bonchev–Trinajstić information content (AvgIpc) is 3.36. The number of carbonyl (C=O) groups excluding carboxylic acids is 1. The van der Waals surface area contributed by atoms with E-state index in [4.69, 9.17) is 11.6 Å². The number of amides is 2. The van der Waals surface area contributed by atoms with E-state index in [0.29, 0.717) is 28.9 Å². The molecule has 2 N–H and O–H groups in total. The van der Waals surface area contributed by atoms with Gasteiger partial charge in [-0.3, -0.25) is 9.29 Å². The van der Waals surface area contributed by atoms with E-state index < -0.39 is 24.1 Å². The van der Waals surface area contributed by atoms with Gasteiger partial charge < -0.3 is 10.1 Å². The van der Waals surface area contributed by atoms with E-state index in [1.807, 2.05) is 24.3 Å². The molecule has 216 valence electrons. The van der Waals surface area contributed by atoms with Crippen molar-refractivity contribution in [2.24, 2.45) is 4.40 Å². The summed E-state index contributed by atoms with van der Waals surface area (Å²) in [5.74, 6) is -0.329. The molecule has 0 saturated heterocycles. The Kier molecular flexibility index (Phi) is 7.93. The highest BCUT2D eigenvalue weighted by atomic mass is 35.5. The summed E-state index contributed by atoms with van der Waals surface area (Å²) >= 11 is 6.54. The molecular weight excluding hydrogens is 608 g/mol. The second kappa shape index (κ2) is 11.4. The van der Waals surface area contributed by atoms with Crippen LogP contribution in [0.25, 0.3) is 27.5 Å². The molecule has 0 fully saturated rings. The first-order valence-corrected chi connectivity index (χ1v) is 12.9. The zero-order valence-corrected chi connectivity index (χ0v) is 22.4. The highest BCUT2D eigenvalue weighted by molar-refractivity contribution is 7.96. The number of urea groups is 1. The predicted molar refractivity (Wildman–Crippen MR) is 149 cm³/mol. The number of imidazole rings is 1. The van der Waals surface area contributed by atoms with Crippen molar-refractivity contribution in [1.82, 2.24) is 14.3 Å². The van der Waals surface area contributed by atoms with Crippen molar-refractivity contribution < 1.29 is 35.9 Å². The van der Waals surface area contributed by atoms with Crippen molar-refractivity contribution in [3.05, 3.63) is 95.3 Å². The van der Waals surface area contributed by atoms with Gasteiger partial charge in [0.25, 0.3) is 0 Å². The Balaban J connectivity index is 1.25. The van der Waals surface area contributed by atoms with Gasteiger partial charge in [0.15, 0.2) is 0 Å². The maximum absolute atomic E-state index is 12.9. The fourth-order valence-electron chi connectivity index (χ4n) is 4.02. The molecule has 5 aromatic rings. The summed E-state index contributed by atoms with van der Waals surface area (Å²) in [4.78, 5) is 16.6. The Bertz CT molecular complexity index is 1810. The van der Waals surface area contributed by atoms with Crippen molar-refractivity contribution in [2.45, 2.75) is 12.5 Å². The molecule has 0 atom stereocenters. The number of hydrogen-bond acceptors (Lipinski definition) is 5. The first kappa shape index (κ1) is 29.1. The van der Waals surface area contributed by atoms with Crippen LogP contribution in [0.15, 0.2) is 83.5 Å². The molecule has 1 heterocycles. The topological polar surface area (TPSA) is 80.5 Å². The number of rotatable bonds is 6. The Hall–Kier alpha value is -4.43. The smallest absolute Gasteiger partial charge is 0.406 e. The number of benzene rings is 4. The summed E-state index contributed by atoms with van der Waals surface area (Å²) in [6.45, 7) is 0. The van der Waals surface area contributed by atoms with Gasteiger partial charge in [0.2, 0.25) is 0 Å². The quantitative estimate of drug-likeness (QED) is 0.113. The molecule has 0 aliphatic rings. The molecule has 0 saturated carbocycles. The van der Waals surface area contributed by atoms with Crippen LogP contribution in [0.3, 0.4) is 0 Å². The summed E-state index contributed by atoms with van der Waals surface area (Å²) in [7, 11) is 0. The first-order valence-electron chi connectivity index (χ1n) is 11.8. The number of hydrogen-bond donors (Lipinski definition) is 2. The molecule has 0 spiro atoms. The molecule has 15 heteroatoms. The Labute approximate surface area is 242 Å². The van der Waals surface area contributed by atoms with Crippen LogP contribution in [0.4, 0.5) is 36.8 Å². The van der Waals surface area contributed by atoms with Gasteiger partial charge in [-0.2, -0.15) is 13.2 Å². The van der Waals surface area contributed by atoms with E-state index in [9.17, 15) is 31.1 Å². The van der Waals surface area contributed by atoms with Gasteiger partial charge >= 0.3 is 18.6 Å². The summed E-state index contributed by atoms with van der Waals surface area (Å²) in [5.41, 5.74) is 1.54. The number of anilines is 1. The second-order valence-electron chi connectivity index (χ2n) is 8.64. The van der Waals surface area contributed by atoms with E-state index in [-0.39, 0.29) is 16.5 Å². The lowest BCUT2D eigenvalue weighted by molar-refractivity contribution is -0.274. The van der Waals surface area contributed by atoms with Crippen LogP contribution in [0, 0.1) is 0 Å². The van der Waals surface area contributed by atoms with E-state index >= 15 is 0 Å². The lowest BCUT2D eigenvalue weighted by Crippen LogP contribution is -2.22. The van der Waals surface area contributed by atoms with Crippen LogP contribution in [0.2, 0.25) is 5.02 Å². The third-order valence-electron chi connectivity index (χ3n) is 5.84. The number of halogens is 7. The molecule has 0 unspecified atom stereocenters. The van der Waals surface area contributed by atoms with E-state index in [1.54, 1.807) is 17.0 Å². The van der Waals surface area contributed by atoms with Gasteiger partial charge in [0.05, 0.1) is 39.4 Å². The van der Waals surface area contributed by atoms with Gasteiger partial charge in [0, 0.05) is 17.3 Å². The highest BCUT2D eigenvalue weighted by Gasteiger charge is 2.31. The molecule has 0 aliphatic carbocycles. The number of ether oxygens (including phenoxy) is 1. The molecular formula is C27H16ClF6N5O2S. The molecule has 1 aromatic heterocycles. The minimum absolute atomic E-state index is 0.0600. The monoisotopic (exact) mass is 623 g/mol. The molecule has 0 radical (unpaired) electrons. The van der Waals surface area contributed by atoms with E-state index in [1.165, 1.54) is 30.5 Å². The van der Waals surface area contributed by atoms with Crippen molar-refractivity contribution in [3.8, 4) is 11.4 Å². The number of nitrogens with one attached hydrogen (secondary N) is 2. The third-order valence-corrected chi connectivity index (χ3v) is 6.66. The molecule has 5 rings (SSSR count). The second-order valence-corrected chi connectivity index (χ2v) is 9.65. The SMILES string of the molecule is O=C(NS/N=C/c1ccc2c(ccc3c2ncn3-c2ccc(OC(F)(F)F)cc2)c1)Nc1cc(C(F)(F)F)ccc1Cl. The minimum Gasteiger partial charge on any atom is -0.406 e. The van der Waals surface area contributed by atoms with Gasteiger partial charge in [-0.15, -0.1) is 13.2 Å².